The third-order valence-corrected chi connectivity index (χ3v) is 9.98. The Morgan fingerprint density at radius 2 is 1.28 bits per heavy atom. The minimum atomic E-state index is -0.491. The molecule has 0 spiro atoms. The highest BCUT2D eigenvalue weighted by Gasteiger charge is 2.32. The van der Waals surface area contributed by atoms with Gasteiger partial charge in [0.05, 0.1) is 90.4 Å². The molecule has 1 aromatic heterocycles. The Morgan fingerprint density at radius 1 is 0.787 bits per heavy atom. The van der Waals surface area contributed by atoms with Crippen molar-refractivity contribution in [3.8, 4) is 0 Å². The summed E-state index contributed by atoms with van der Waals surface area (Å²) < 4.78 is 30.6. The van der Waals surface area contributed by atoms with Crippen molar-refractivity contribution in [2.75, 3.05) is 95.8 Å². The first-order valence-electron chi connectivity index (χ1n) is 16.2. The summed E-state index contributed by atoms with van der Waals surface area (Å²) in [5, 5.41) is 14.8. The number of thiophene rings is 1. The Hall–Kier alpha value is -3.93. The van der Waals surface area contributed by atoms with E-state index in [1.165, 1.54) is 84.6 Å². The van der Waals surface area contributed by atoms with Crippen LogP contribution in [-0.2, 0) is 66.7 Å². The lowest BCUT2D eigenvalue weighted by Crippen LogP contribution is -2.23. The van der Waals surface area contributed by atoms with Crippen LogP contribution in [0.4, 0.5) is 5.69 Å². The Bertz CT molecular complexity index is 1370. The van der Waals surface area contributed by atoms with Crippen molar-refractivity contribution in [3.05, 3.63) is 29.0 Å². The summed E-state index contributed by atoms with van der Waals surface area (Å²) >= 11 is 9.41. The molecule has 2 saturated heterocycles. The molecule has 0 saturated carbocycles. The van der Waals surface area contributed by atoms with Gasteiger partial charge in [-0.05, 0) is 0 Å². The number of nitrogens with zero attached hydrogens (tertiary/aromatic N) is 1. The molecular formula is C38H70N2O16S5. The van der Waals surface area contributed by atoms with Crippen LogP contribution in [0.1, 0.15) is 60.3 Å². The molecule has 0 radical (unpaired) electrons. The van der Waals surface area contributed by atoms with E-state index in [-0.39, 0.29) is 82.8 Å². The van der Waals surface area contributed by atoms with Crippen LogP contribution < -0.4 is 5.73 Å². The van der Waals surface area contributed by atoms with Gasteiger partial charge in [-0.2, -0.15) is 36.2 Å². The number of hydrogen-bond acceptors (Lipinski definition) is 23. The molecule has 2 atom stereocenters. The molecule has 3 heterocycles. The number of methoxy groups -OCH3 is 7. The van der Waals surface area contributed by atoms with E-state index < -0.39 is 17.9 Å². The lowest BCUT2D eigenvalue weighted by atomic mass is 10.1. The van der Waals surface area contributed by atoms with Crippen LogP contribution in [-0.4, -0.2) is 149 Å². The number of oxime groups is 1. The number of anilines is 1. The minimum Gasteiger partial charge on any atom is -0.469 e. The van der Waals surface area contributed by atoms with Crippen molar-refractivity contribution in [1.29, 1.82) is 0 Å². The number of Topliss-reactive ketones (excluding diaryl/α,β-unsaturated/α-hetero) is 1. The quantitative estimate of drug-likeness (QED) is 0.0354. The van der Waals surface area contributed by atoms with E-state index in [0.29, 0.717) is 52.1 Å². The minimum absolute atomic E-state index is 0. The van der Waals surface area contributed by atoms with Gasteiger partial charge in [0.25, 0.3) is 0 Å². The summed E-state index contributed by atoms with van der Waals surface area (Å²) in [6, 6.07) is 0. The number of thiol groups is 1. The van der Waals surface area contributed by atoms with Crippen molar-refractivity contribution in [1.82, 2.24) is 0 Å². The van der Waals surface area contributed by atoms with Crippen LogP contribution >= 0.6 is 59.3 Å². The second kappa shape index (κ2) is 50.4. The summed E-state index contributed by atoms with van der Waals surface area (Å²) in [7, 11) is 9.29. The second-order valence-electron chi connectivity index (χ2n) is 9.39. The predicted octanol–water partition coefficient (Wildman–Crippen LogP) is 6.02. The van der Waals surface area contributed by atoms with Gasteiger partial charge >= 0.3 is 41.8 Å². The first-order valence-corrected chi connectivity index (χ1v) is 21.2. The number of thioether (sulfide) groups is 3. The number of ether oxygens (including phenoxy) is 7. The van der Waals surface area contributed by atoms with E-state index in [4.69, 9.17) is 10.9 Å². The van der Waals surface area contributed by atoms with E-state index in [9.17, 15) is 38.4 Å². The Balaban J connectivity index is -0.0000000915. The summed E-state index contributed by atoms with van der Waals surface area (Å²) in [4.78, 5) is 84.2. The Kier molecular flexibility index (Phi) is 61.6. The van der Waals surface area contributed by atoms with Crippen molar-refractivity contribution in [3.63, 3.8) is 0 Å². The lowest BCUT2D eigenvalue weighted by Gasteiger charge is -2.04. The summed E-state index contributed by atoms with van der Waals surface area (Å²) in [6.07, 6.45) is 1.44. The van der Waals surface area contributed by atoms with Crippen LogP contribution in [0, 0.1) is 11.8 Å². The molecule has 1 aromatic rings. The van der Waals surface area contributed by atoms with Gasteiger partial charge in [-0.15, -0.1) is 23.1 Å². The molecule has 3 rings (SSSR count). The van der Waals surface area contributed by atoms with Crippen LogP contribution in [0.5, 0.6) is 0 Å². The normalized spacial score (nSPS) is 13.9. The van der Waals surface area contributed by atoms with Crippen molar-refractivity contribution in [2.45, 2.75) is 50.0 Å². The van der Waals surface area contributed by atoms with E-state index in [0.717, 1.165) is 6.08 Å². The summed E-state index contributed by atoms with van der Waals surface area (Å²) in [5.74, 6) is 0.225. The highest BCUT2D eigenvalue weighted by Crippen LogP contribution is 2.22. The smallest absolute Gasteiger partial charge is 0.340 e. The van der Waals surface area contributed by atoms with E-state index in [1.54, 1.807) is 22.5 Å². The predicted molar refractivity (Wildman–Crippen MR) is 252 cm³/mol. The number of rotatable bonds is 10. The van der Waals surface area contributed by atoms with Crippen LogP contribution in [0.2, 0.25) is 0 Å². The molecule has 3 N–H and O–H groups in total. The van der Waals surface area contributed by atoms with Gasteiger partial charge in [0.1, 0.15) is 11.8 Å². The molecule has 358 valence electrons. The first kappa shape index (κ1) is 74.5. The Labute approximate surface area is 384 Å². The maximum Gasteiger partial charge on any atom is 0.340 e. The van der Waals surface area contributed by atoms with Crippen molar-refractivity contribution >= 4 is 118 Å². The number of carbonyl (C=O) groups excluding carboxylic acids is 8. The molecule has 18 nitrogen and oxygen atoms in total. The largest absolute Gasteiger partial charge is 0.469 e. The van der Waals surface area contributed by atoms with Gasteiger partial charge < -0.3 is 44.1 Å². The fourth-order valence-electron chi connectivity index (χ4n) is 2.94. The number of nitrogens with two attached hydrogens (primary N) is 1. The zero-order valence-corrected chi connectivity index (χ0v) is 37.6. The fourth-order valence-corrected chi connectivity index (χ4v) is 6.75. The van der Waals surface area contributed by atoms with E-state index in [1.807, 2.05) is 13.8 Å². The molecule has 0 bridgehead atoms. The fraction of sp³-hybridized carbons (Fsp3) is 0.605. The third kappa shape index (κ3) is 38.7. The maximum atomic E-state index is 11.0. The highest BCUT2D eigenvalue weighted by molar-refractivity contribution is 8.00. The number of carbonyl (C=O) groups is 8. The van der Waals surface area contributed by atoms with Crippen LogP contribution in [0.3, 0.4) is 0 Å². The molecule has 2 unspecified atom stereocenters. The third-order valence-electron chi connectivity index (χ3n) is 5.90. The molecule has 61 heavy (non-hydrogen) atoms. The molecule has 0 aliphatic carbocycles. The van der Waals surface area contributed by atoms with E-state index >= 15 is 0 Å². The topological polar surface area (TPSA) is 260 Å². The molecule has 2 aliphatic rings. The highest BCUT2D eigenvalue weighted by atomic mass is 32.2. The van der Waals surface area contributed by atoms with Crippen molar-refractivity contribution in [2.24, 2.45) is 17.0 Å². The van der Waals surface area contributed by atoms with Crippen LogP contribution in [0.15, 0.2) is 28.6 Å². The molecule has 2 fully saturated rings. The molecule has 0 amide bonds. The van der Waals surface area contributed by atoms with Gasteiger partial charge in [-0.25, -0.2) is 9.59 Å². The summed E-state index contributed by atoms with van der Waals surface area (Å²) in [5.41, 5.74) is 6.88. The zero-order valence-electron chi connectivity index (χ0n) is 33.4. The monoisotopic (exact) mass is 970 g/mol. The van der Waals surface area contributed by atoms with Gasteiger partial charge in [0.15, 0.2) is 5.78 Å². The first-order chi connectivity index (χ1) is 27.1. The van der Waals surface area contributed by atoms with Gasteiger partial charge in [0.2, 0.25) is 0 Å². The second-order valence-corrected chi connectivity index (χ2v) is 13.6. The molecule has 23 heteroatoms. The van der Waals surface area contributed by atoms with Crippen molar-refractivity contribution < 1.29 is 76.7 Å². The molecule has 0 aromatic carbocycles. The average molecular weight is 971 g/mol. The lowest BCUT2D eigenvalue weighted by molar-refractivity contribution is -0.148. The number of nitrogen functional groups attached to an aromatic ring is 1. The standard InChI is InChI=1S/C7H12O4S.C6H9NO3S.C6H7NO2S.C6H8O3S.C4H6O2.C3H6O2S.C2H6.4CH4/c1-10-6(8)3-4-12-5-7(9)11-2;1-10-6(8)4-2-11-3-5(4)7-9;2*1-9-6(8)4-2-10-3-5(4)7;1-3-4(5)6-2;1-5-3(4)2-6;1-2;;;;/h3-5H2,1-2H3;4,9H,2-3H2,1H3;2-3H,7H2,1H3;4H,2-3H2,1H3;3H,1H2,2H3;6H,2H2,1H3;1-2H3;4*1H4/b;7-5-;;;;;;;;;. The molecular weight excluding hydrogens is 901 g/mol. The zero-order chi connectivity index (χ0) is 44.8. The number of esters is 7. The average Bonchev–Trinajstić information content (AvgIpc) is 4.03. The van der Waals surface area contributed by atoms with Gasteiger partial charge in [0, 0.05) is 39.8 Å². The van der Waals surface area contributed by atoms with Gasteiger partial charge in [-0.3, -0.25) is 28.8 Å². The SMILES string of the molecule is C.C.C.C.C=CC(=O)OC.CC.COC(=O)C1CSC/C1=N/O.COC(=O)C1CSCC1=O.COC(=O)CCSCC(=O)OC.COC(=O)CS.COC(=O)c1cscc1N. The molecule has 2 aliphatic heterocycles. The van der Waals surface area contributed by atoms with Crippen LogP contribution in [0.25, 0.3) is 0 Å². The summed E-state index contributed by atoms with van der Waals surface area (Å²) in [6.45, 7) is 7.16. The van der Waals surface area contributed by atoms with Gasteiger partial charge in [-0.1, -0.05) is 55.3 Å². The number of hydrogen-bond donors (Lipinski definition) is 3. The maximum absolute atomic E-state index is 11.0. The Morgan fingerprint density at radius 3 is 1.61 bits per heavy atom. The van der Waals surface area contributed by atoms with E-state index in [2.05, 4.69) is 57.5 Å². The number of ketones is 1.